The molecule has 0 aliphatic rings. The third kappa shape index (κ3) is 2.99. The lowest BCUT2D eigenvalue weighted by atomic mass is 10.2. The summed E-state index contributed by atoms with van der Waals surface area (Å²) in [6.45, 7) is 9.72. The lowest BCUT2D eigenvalue weighted by molar-refractivity contribution is 0.328. The van der Waals surface area contributed by atoms with Gasteiger partial charge in [0.05, 0.1) is 6.61 Å². The molecule has 0 saturated carbocycles. The fourth-order valence-corrected chi connectivity index (χ4v) is 1.74. The average molecular weight is 238 g/mol. The molecule has 1 aromatic rings. The van der Waals surface area contributed by atoms with Crippen molar-refractivity contribution in [1.82, 2.24) is 9.97 Å². The van der Waals surface area contributed by atoms with Crippen LogP contribution in [0.3, 0.4) is 0 Å². The van der Waals surface area contributed by atoms with Crippen molar-refractivity contribution in [3.05, 3.63) is 6.33 Å². The van der Waals surface area contributed by atoms with Crippen LogP contribution in [0.4, 0.5) is 11.5 Å². The Morgan fingerprint density at radius 1 is 1.35 bits per heavy atom. The average Bonchev–Trinajstić information content (AvgIpc) is 2.34. The third-order valence-corrected chi connectivity index (χ3v) is 2.84. The van der Waals surface area contributed by atoms with E-state index in [0.29, 0.717) is 24.2 Å². The summed E-state index contributed by atoms with van der Waals surface area (Å²) in [6, 6.07) is 0.395. The number of hydrogen-bond donors (Lipinski definition) is 1. The number of hydrogen-bond acceptors (Lipinski definition) is 5. The first-order chi connectivity index (χ1) is 8.15. The van der Waals surface area contributed by atoms with Gasteiger partial charge in [-0.15, -0.1) is 0 Å². The van der Waals surface area contributed by atoms with Gasteiger partial charge in [-0.05, 0) is 27.2 Å². The Morgan fingerprint density at radius 3 is 2.59 bits per heavy atom. The van der Waals surface area contributed by atoms with Crippen LogP contribution in [0, 0.1) is 0 Å². The minimum absolute atomic E-state index is 0.395. The predicted octanol–water partition coefficient (Wildman–Crippen LogP) is 2.08. The van der Waals surface area contributed by atoms with Gasteiger partial charge in [-0.25, -0.2) is 4.98 Å². The molecule has 1 heterocycles. The lowest BCUT2D eigenvalue weighted by Gasteiger charge is -2.29. The van der Waals surface area contributed by atoms with Crippen molar-refractivity contribution in [3.63, 3.8) is 0 Å². The molecule has 0 amide bonds. The Morgan fingerprint density at radius 2 is 2.06 bits per heavy atom. The summed E-state index contributed by atoms with van der Waals surface area (Å²) in [7, 11) is 0. The van der Waals surface area contributed by atoms with Crippen molar-refractivity contribution in [2.75, 3.05) is 23.8 Å². The molecule has 17 heavy (non-hydrogen) atoms. The van der Waals surface area contributed by atoms with Crippen LogP contribution in [-0.2, 0) is 0 Å². The van der Waals surface area contributed by atoms with Crippen molar-refractivity contribution >= 4 is 11.5 Å². The molecule has 1 atom stereocenters. The maximum Gasteiger partial charge on any atom is 0.242 e. The standard InChI is InChI=1S/C12H22N4O/c1-5-9(4)16(6-2)11-10(13)12(17-7-3)15-8-14-11/h8-9H,5-7,13H2,1-4H3. The van der Waals surface area contributed by atoms with Crippen LogP contribution in [0.5, 0.6) is 5.88 Å². The minimum Gasteiger partial charge on any atom is -0.476 e. The Labute approximate surface area is 103 Å². The Kier molecular flexibility index (Phi) is 5.00. The van der Waals surface area contributed by atoms with Crippen LogP contribution in [-0.4, -0.2) is 29.2 Å². The van der Waals surface area contributed by atoms with E-state index in [1.807, 2.05) is 6.92 Å². The van der Waals surface area contributed by atoms with E-state index in [1.54, 1.807) is 0 Å². The molecule has 0 aliphatic carbocycles. The van der Waals surface area contributed by atoms with E-state index in [1.165, 1.54) is 6.33 Å². The zero-order valence-electron chi connectivity index (χ0n) is 11.1. The molecule has 0 aliphatic heterocycles. The Balaban J connectivity index is 3.07. The van der Waals surface area contributed by atoms with E-state index in [4.69, 9.17) is 10.5 Å². The molecular formula is C12H22N4O. The van der Waals surface area contributed by atoms with Gasteiger partial charge in [-0.1, -0.05) is 6.92 Å². The number of anilines is 2. The summed E-state index contributed by atoms with van der Waals surface area (Å²) in [5.41, 5.74) is 6.57. The van der Waals surface area contributed by atoms with Gasteiger partial charge < -0.3 is 15.4 Å². The zero-order valence-corrected chi connectivity index (χ0v) is 11.1. The maximum atomic E-state index is 6.05. The smallest absolute Gasteiger partial charge is 0.242 e. The summed E-state index contributed by atoms with van der Waals surface area (Å²) in [5.74, 6) is 1.24. The van der Waals surface area contributed by atoms with Crippen LogP contribution >= 0.6 is 0 Å². The van der Waals surface area contributed by atoms with E-state index in [-0.39, 0.29) is 0 Å². The molecule has 0 saturated heterocycles. The first-order valence-corrected chi connectivity index (χ1v) is 6.15. The molecule has 0 bridgehead atoms. The molecule has 1 unspecified atom stereocenters. The molecule has 0 aromatic carbocycles. The second-order valence-corrected chi connectivity index (χ2v) is 3.89. The van der Waals surface area contributed by atoms with E-state index in [2.05, 4.69) is 35.6 Å². The second-order valence-electron chi connectivity index (χ2n) is 3.89. The highest BCUT2D eigenvalue weighted by molar-refractivity contribution is 5.68. The Bertz CT molecular complexity index is 356. The predicted molar refractivity (Wildman–Crippen MR) is 70.4 cm³/mol. The third-order valence-electron chi connectivity index (χ3n) is 2.84. The van der Waals surface area contributed by atoms with Crippen LogP contribution in [0.1, 0.15) is 34.1 Å². The molecule has 1 aromatic heterocycles. The largest absolute Gasteiger partial charge is 0.476 e. The summed E-state index contributed by atoms with van der Waals surface area (Å²) < 4.78 is 5.38. The van der Waals surface area contributed by atoms with Crippen LogP contribution in [0.2, 0.25) is 0 Å². The first kappa shape index (κ1) is 13.5. The topological polar surface area (TPSA) is 64.3 Å². The zero-order chi connectivity index (χ0) is 12.8. The molecule has 0 radical (unpaired) electrons. The van der Waals surface area contributed by atoms with Crippen molar-refractivity contribution in [2.24, 2.45) is 0 Å². The van der Waals surface area contributed by atoms with E-state index < -0.39 is 0 Å². The first-order valence-electron chi connectivity index (χ1n) is 6.15. The van der Waals surface area contributed by atoms with Crippen LogP contribution in [0.15, 0.2) is 6.33 Å². The molecule has 96 valence electrons. The van der Waals surface area contributed by atoms with Gasteiger partial charge in [-0.2, -0.15) is 4.98 Å². The van der Waals surface area contributed by atoms with Gasteiger partial charge in [0.25, 0.3) is 0 Å². The van der Waals surface area contributed by atoms with Crippen LogP contribution < -0.4 is 15.4 Å². The summed E-state index contributed by atoms with van der Waals surface area (Å²) >= 11 is 0. The van der Waals surface area contributed by atoms with Crippen molar-refractivity contribution in [2.45, 2.75) is 40.2 Å². The highest BCUT2D eigenvalue weighted by Gasteiger charge is 2.18. The SMILES string of the molecule is CCOc1ncnc(N(CC)C(C)CC)c1N. The van der Waals surface area contributed by atoms with Crippen LogP contribution in [0.25, 0.3) is 0 Å². The lowest BCUT2D eigenvalue weighted by Crippen LogP contribution is -2.33. The van der Waals surface area contributed by atoms with Gasteiger partial charge in [0.2, 0.25) is 5.88 Å². The molecule has 2 N–H and O–H groups in total. The fraction of sp³-hybridized carbons (Fsp3) is 0.667. The van der Waals surface area contributed by atoms with Gasteiger partial charge in [0, 0.05) is 12.6 Å². The van der Waals surface area contributed by atoms with E-state index in [9.17, 15) is 0 Å². The number of nitrogen functional groups attached to an aromatic ring is 1. The molecule has 1 rings (SSSR count). The maximum absolute atomic E-state index is 6.05. The number of ether oxygens (including phenoxy) is 1. The quantitative estimate of drug-likeness (QED) is 0.822. The highest BCUT2D eigenvalue weighted by Crippen LogP contribution is 2.29. The number of rotatable bonds is 6. The second kappa shape index (κ2) is 6.27. The number of nitrogens with two attached hydrogens (primary N) is 1. The van der Waals surface area contributed by atoms with E-state index in [0.717, 1.165) is 18.8 Å². The molecule has 5 heteroatoms. The molecule has 0 spiro atoms. The summed E-state index contributed by atoms with van der Waals surface area (Å²) in [5, 5.41) is 0. The van der Waals surface area contributed by atoms with Gasteiger partial charge in [-0.3, -0.25) is 0 Å². The molecule has 5 nitrogen and oxygen atoms in total. The Hall–Kier alpha value is -1.52. The summed E-state index contributed by atoms with van der Waals surface area (Å²) in [4.78, 5) is 10.5. The summed E-state index contributed by atoms with van der Waals surface area (Å²) in [6.07, 6.45) is 2.54. The fourth-order valence-electron chi connectivity index (χ4n) is 1.74. The van der Waals surface area contributed by atoms with E-state index >= 15 is 0 Å². The highest BCUT2D eigenvalue weighted by atomic mass is 16.5. The monoisotopic (exact) mass is 238 g/mol. The number of nitrogens with zero attached hydrogens (tertiary/aromatic N) is 3. The molecular weight excluding hydrogens is 216 g/mol. The normalized spacial score (nSPS) is 12.2. The van der Waals surface area contributed by atoms with Crippen molar-refractivity contribution in [3.8, 4) is 5.88 Å². The number of aromatic nitrogens is 2. The van der Waals surface area contributed by atoms with Gasteiger partial charge >= 0.3 is 0 Å². The van der Waals surface area contributed by atoms with Crippen molar-refractivity contribution < 1.29 is 4.74 Å². The minimum atomic E-state index is 0.395. The van der Waals surface area contributed by atoms with Gasteiger partial charge in [0.15, 0.2) is 5.82 Å². The van der Waals surface area contributed by atoms with Crippen molar-refractivity contribution in [1.29, 1.82) is 0 Å². The van der Waals surface area contributed by atoms with Gasteiger partial charge in [0.1, 0.15) is 12.0 Å². The molecule has 0 fully saturated rings.